The summed E-state index contributed by atoms with van der Waals surface area (Å²) in [4.78, 5) is 32.2. The van der Waals surface area contributed by atoms with Gasteiger partial charge in [0.15, 0.2) is 0 Å². The van der Waals surface area contributed by atoms with Gasteiger partial charge in [-0.3, -0.25) is 0 Å². The maximum absolute atomic E-state index is 16.1. The van der Waals surface area contributed by atoms with E-state index in [0.717, 1.165) is 10.8 Å². The van der Waals surface area contributed by atoms with Crippen molar-refractivity contribution < 1.29 is 46.2 Å². The number of ether oxygens (including phenoxy) is 2. The molecule has 2 fully saturated rings. The summed E-state index contributed by atoms with van der Waals surface area (Å²) in [6.45, 7) is 0.439. The van der Waals surface area contributed by atoms with Crippen molar-refractivity contribution in [1.29, 1.82) is 0 Å². The van der Waals surface area contributed by atoms with E-state index in [1.165, 1.54) is 9.34 Å². The first kappa shape index (κ1) is 45.7. The Bertz CT molecular complexity index is 2970. The number of hydrogen-bond acceptors (Lipinski definition) is 12. The second-order valence-electron chi connectivity index (χ2n) is 16.3. The summed E-state index contributed by atoms with van der Waals surface area (Å²) >= 11 is 54.6. The predicted octanol–water partition coefficient (Wildman–Crippen LogP) is 13.5. The van der Waals surface area contributed by atoms with E-state index in [9.17, 15) is 0 Å². The topological polar surface area (TPSA) is 121 Å². The second-order valence-corrected chi connectivity index (χ2v) is 25.7. The molecular weight excluding hydrogens is 1090 g/mol. The van der Waals surface area contributed by atoms with E-state index in [1.54, 1.807) is 21.5 Å². The van der Waals surface area contributed by atoms with Crippen molar-refractivity contribution in [1.82, 2.24) is 18.7 Å². The van der Waals surface area contributed by atoms with Crippen LogP contribution in [0.4, 0.5) is 0 Å². The number of morpholine rings is 2. The van der Waals surface area contributed by atoms with Crippen molar-refractivity contribution in [3.8, 4) is 34.5 Å². The molecule has 24 heteroatoms. The van der Waals surface area contributed by atoms with Gasteiger partial charge in [0.25, 0.3) is 0 Å². The first-order chi connectivity index (χ1) is 32.7. The SMILES string of the molecule is O=C1c2c(ccc3ccccc23)OP2(N3CCOCC3)(Oc3c(Cl)c(Cl)c(Cl)c(Cl)c3O2)N1CCN1C(=O)c2c(ccc3ccccc23)OP12(N1CCOCC1)Oc1c(Cl)c(Cl)c(Cl)c(Cl)c1O2. The number of nitrogens with zero attached hydrogens (tertiary/aromatic N) is 4. The van der Waals surface area contributed by atoms with Crippen LogP contribution in [0.5, 0.6) is 34.5 Å². The normalized spacial score (nSPS) is 22.0. The average Bonchev–Trinajstić information content (AvgIpc) is 3.91. The monoisotopic (exact) mass is 1120 g/mol. The van der Waals surface area contributed by atoms with Gasteiger partial charge in [-0.25, -0.2) is 0 Å². The molecule has 0 aromatic heterocycles. The second kappa shape index (κ2) is 16.1. The van der Waals surface area contributed by atoms with Crippen molar-refractivity contribution in [3.63, 3.8) is 0 Å². The zero-order chi connectivity index (χ0) is 47.1. The van der Waals surface area contributed by atoms with Gasteiger partial charge in [0, 0.05) is 0 Å². The third-order valence-corrected chi connectivity index (χ3v) is 24.4. The number of rotatable bonds is 5. The first-order valence-corrected chi connectivity index (χ1v) is 27.8. The number of carbonyl (C=O) groups is 2. The summed E-state index contributed by atoms with van der Waals surface area (Å²) in [5.74, 6) is -1.32. The third-order valence-electron chi connectivity index (χ3n) is 12.8. The molecule has 6 aliphatic rings. The first-order valence-electron chi connectivity index (χ1n) is 21.0. The molecule has 6 heterocycles. The number of fused-ring (bicyclic) bond motifs is 8. The Morgan fingerprint density at radius 2 is 0.735 bits per heavy atom. The molecule has 0 atom stereocenters. The molecule has 6 aromatic carbocycles. The Morgan fingerprint density at radius 1 is 0.412 bits per heavy atom. The maximum atomic E-state index is 16.1. The molecule has 0 saturated carbocycles. The van der Waals surface area contributed by atoms with Crippen LogP contribution >= 0.6 is 108 Å². The van der Waals surface area contributed by atoms with E-state index < -0.39 is 40.1 Å². The quantitative estimate of drug-likeness (QED) is 0.0928. The van der Waals surface area contributed by atoms with E-state index in [4.69, 9.17) is 129 Å². The standard InChI is InChI=1S/C44H32Cl8N4O10P2/c45-31-32(46)36(50)40-39(35(31)49)63-67(64-40,53-15-19-59-20-16-53)55(43(57)29-25-7-3-1-5-23(25)9-11-27(29)61-67)13-14-56-44(58)30-26-8-4-2-6-24(26)10-12-28(30)62-68(56,54-17-21-60-22-18-54)65-41-37(51)33(47)34(48)38(52)42(41)66-68/h1-12H,13-22H2. The molecule has 68 heavy (non-hydrogen) atoms. The number of hydrogen-bond donors (Lipinski definition) is 0. The number of amides is 2. The van der Waals surface area contributed by atoms with Gasteiger partial charge in [-0.05, 0) is 0 Å². The van der Waals surface area contributed by atoms with Gasteiger partial charge < -0.3 is 0 Å². The van der Waals surface area contributed by atoms with Crippen LogP contribution in [0.25, 0.3) is 21.5 Å². The summed E-state index contributed by atoms with van der Waals surface area (Å²) in [6, 6.07) is 21.7. The number of carbonyl (C=O) groups excluding carboxylic acids is 2. The molecule has 0 radical (unpaired) electrons. The van der Waals surface area contributed by atoms with Crippen molar-refractivity contribution >= 4 is 141 Å². The molecule has 0 bridgehead atoms. The van der Waals surface area contributed by atoms with Gasteiger partial charge in [0.05, 0.1) is 0 Å². The summed E-state index contributed by atoms with van der Waals surface area (Å²) in [7, 11) is -11.0. The molecule has 14 nitrogen and oxygen atoms in total. The van der Waals surface area contributed by atoms with Crippen LogP contribution in [0.1, 0.15) is 20.7 Å². The van der Waals surface area contributed by atoms with Gasteiger partial charge in [-0.15, -0.1) is 0 Å². The van der Waals surface area contributed by atoms with Crippen LogP contribution in [-0.4, -0.2) is 96.2 Å². The van der Waals surface area contributed by atoms with Crippen LogP contribution in [-0.2, 0) is 9.47 Å². The van der Waals surface area contributed by atoms with Gasteiger partial charge >= 0.3 is 431 Å². The third kappa shape index (κ3) is 6.08. The molecule has 2 saturated heterocycles. The van der Waals surface area contributed by atoms with Gasteiger partial charge in [-0.1, -0.05) is 0 Å². The van der Waals surface area contributed by atoms with Gasteiger partial charge in [0.2, 0.25) is 0 Å². The summed E-state index contributed by atoms with van der Waals surface area (Å²) in [5, 5.41) is 1.64. The van der Waals surface area contributed by atoms with E-state index in [0.29, 0.717) is 10.8 Å². The molecule has 2 spiro atoms. The Labute approximate surface area is 427 Å². The Hall–Kier alpha value is -3.40. The molecular formula is C44H32Cl8N4O10P2. The van der Waals surface area contributed by atoms with Crippen LogP contribution in [0.3, 0.4) is 0 Å². The molecule has 6 aromatic rings. The fraction of sp³-hybridized carbons (Fsp3) is 0.227. The molecule has 0 aliphatic carbocycles. The summed E-state index contributed by atoms with van der Waals surface area (Å²) in [5.41, 5.74) is 0.386. The Morgan fingerprint density at radius 3 is 1.07 bits per heavy atom. The zero-order valence-corrected chi connectivity index (χ0v) is 42.6. The van der Waals surface area contributed by atoms with E-state index in [1.807, 2.05) is 60.7 Å². The zero-order valence-electron chi connectivity index (χ0n) is 34.8. The van der Waals surface area contributed by atoms with Crippen molar-refractivity contribution in [3.05, 3.63) is 124 Å². The van der Waals surface area contributed by atoms with Crippen LogP contribution in [0, 0.1) is 0 Å². The van der Waals surface area contributed by atoms with Crippen LogP contribution in [0.15, 0.2) is 72.8 Å². The van der Waals surface area contributed by atoms with E-state index in [2.05, 4.69) is 0 Å². The number of benzene rings is 6. The number of halogens is 8. The summed E-state index contributed by atoms with van der Waals surface area (Å²) in [6.07, 6.45) is 0. The van der Waals surface area contributed by atoms with E-state index in [-0.39, 0.29) is 138 Å². The molecule has 0 unspecified atom stereocenters. The fourth-order valence-corrected chi connectivity index (χ4v) is 20.1. The Balaban J connectivity index is 1.11. The minimum absolute atomic E-state index is 0.110. The van der Waals surface area contributed by atoms with Gasteiger partial charge in [0.1, 0.15) is 0 Å². The molecule has 2 amide bonds. The van der Waals surface area contributed by atoms with Crippen molar-refractivity contribution in [2.45, 2.75) is 0 Å². The Kier molecular flexibility index (Phi) is 10.8. The van der Waals surface area contributed by atoms with Gasteiger partial charge in [-0.2, -0.15) is 0 Å². The molecule has 0 N–H and O–H groups in total. The van der Waals surface area contributed by atoms with Crippen LogP contribution < -0.4 is 27.1 Å². The van der Waals surface area contributed by atoms with E-state index >= 15 is 9.59 Å². The minimum atomic E-state index is -5.50. The van der Waals surface area contributed by atoms with Crippen LogP contribution in [0.2, 0.25) is 40.2 Å². The van der Waals surface area contributed by atoms with Crippen molar-refractivity contribution in [2.75, 3.05) is 65.7 Å². The molecule has 354 valence electrons. The molecule has 12 rings (SSSR count). The predicted molar refractivity (Wildman–Crippen MR) is 265 cm³/mol. The fourth-order valence-electron chi connectivity index (χ4n) is 9.69. The van der Waals surface area contributed by atoms with Crippen molar-refractivity contribution in [2.24, 2.45) is 0 Å². The summed E-state index contributed by atoms with van der Waals surface area (Å²) < 4.78 is 61.1. The molecule has 6 aliphatic heterocycles. The average molecular weight is 1120 g/mol.